The van der Waals surface area contributed by atoms with Gasteiger partial charge in [-0.05, 0) is 19.3 Å². The molecule has 0 fully saturated rings. The zero-order valence-electron chi connectivity index (χ0n) is 18.7. The monoisotopic (exact) mass is 427 g/mol. The van der Waals surface area contributed by atoms with Gasteiger partial charge in [0, 0.05) is 6.42 Å². The van der Waals surface area contributed by atoms with Crippen molar-refractivity contribution in [3.05, 3.63) is 12.2 Å². The van der Waals surface area contributed by atoms with Crippen LogP contribution in [0.2, 0.25) is 0 Å². The molecule has 0 saturated heterocycles. The summed E-state index contributed by atoms with van der Waals surface area (Å²) in [6.45, 7) is 0.720. The number of quaternary nitrogens is 1. The number of carboxylic acids is 3. The van der Waals surface area contributed by atoms with E-state index in [0.29, 0.717) is 12.8 Å². The third-order valence-electron chi connectivity index (χ3n) is 5.30. The van der Waals surface area contributed by atoms with Crippen LogP contribution in [0.5, 0.6) is 0 Å². The molecule has 2 N–H and O–H groups in total. The molecule has 0 radical (unpaired) electrons. The van der Waals surface area contributed by atoms with Gasteiger partial charge in [0.2, 0.25) is 0 Å². The molecule has 30 heavy (non-hydrogen) atoms. The molecule has 0 aromatic rings. The first-order chi connectivity index (χ1) is 14.3. The summed E-state index contributed by atoms with van der Waals surface area (Å²) in [5.74, 6) is -3.86. The number of hydrogen-bond acceptors (Lipinski definition) is 4. The lowest BCUT2D eigenvalue weighted by Gasteiger charge is -2.36. The molecule has 0 spiro atoms. The van der Waals surface area contributed by atoms with Gasteiger partial charge in [0.15, 0.2) is 13.1 Å². The van der Waals surface area contributed by atoms with Crippen molar-refractivity contribution in [3.63, 3.8) is 0 Å². The van der Waals surface area contributed by atoms with E-state index in [4.69, 9.17) is 10.2 Å². The van der Waals surface area contributed by atoms with Gasteiger partial charge in [0.25, 0.3) is 0 Å². The van der Waals surface area contributed by atoms with Crippen LogP contribution in [0.3, 0.4) is 0 Å². The van der Waals surface area contributed by atoms with Gasteiger partial charge in [0.05, 0.1) is 12.5 Å². The minimum absolute atomic E-state index is 0.176. The third kappa shape index (κ3) is 17.0. The lowest BCUT2D eigenvalue weighted by atomic mass is 10.1. The Morgan fingerprint density at radius 1 is 0.700 bits per heavy atom. The van der Waals surface area contributed by atoms with E-state index in [1.165, 1.54) is 57.8 Å². The predicted octanol–water partition coefficient (Wildman–Crippen LogP) is 3.37. The second kappa shape index (κ2) is 17.9. The minimum Gasteiger partial charge on any atom is -0.544 e. The molecule has 0 bridgehead atoms. The Morgan fingerprint density at radius 2 is 1.13 bits per heavy atom. The fraction of sp³-hybridized carbons (Fsp3) is 0.783. The van der Waals surface area contributed by atoms with Gasteiger partial charge < -0.3 is 24.6 Å². The van der Waals surface area contributed by atoms with Crippen LogP contribution in [0, 0.1) is 0 Å². The van der Waals surface area contributed by atoms with Gasteiger partial charge in [-0.15, -0.1) is 0 Å². The Balaban J connectivity index is 4.01. The molecule has 0 unspecified atom stereocenters. The molecular formula is C23H41NO6. The number of rotatable bonds is 21. The van der Waals surface area contributed by atoms with Gasteiger partial charge >= 0.3 is 11.9 Å². The standard InChI is InChI=1S/C23H41NO6/c1-2-3-4-5-6-7-8-9-10-11-12-13-14-15-16-17-24(18-21(25)26,19-22(27)28)20-23(29)30/h13-14H,2-12,15-20H2,1H3,(H2-,25,26,27,28,29,30)/b14-13+. The van der Waals surface area contributed by atoms with Crippen molar-refractivity contribution in [2.24, 2.45) is 0 Å². The van der Waals surface area contributed by atoms with E-state index in [1.54, 1.807) is 0 Å². The average Bonchev–Trinajstić information content (AvgIpc) is 2.63. The van der Waals surface area contributed by atoms with Gasteiger partial charge in [0.1, 0.15) is 6.54 Å². The van der Waals surface area contributed by atoms with Gasteiger partial charge in [-0.25, -0.2) is 9.59 Å². The van der Waals surface area contributed by atoms with E-state index in [2.05, 4.69) is 13.0 Å². The largest absolute Gasteiger partial charge is 0.544 e. The van der Waals surface area contributed by atoms with Crippen LogP contribution in [0.15, 0.2) is 12.2 Å². The first kappa shape index (κ1) is 28.1. The van der Waals surface area contributed by atoms with Gasteiger partial charge in [-0.1, -0.05) is 76.9 Å². The Bertz CT molecular complexity index is 477. The number of hydrogen-bond donors (Lipinski definition) is 2. The normalized spacial score (nSPS) is 11.8. The fourth-order valence-corrected chi connectivity index (χ4v) is 3.78. The Kier molecular flexibility index (Phi) is 16.8. The molecule has 0 aromatic heterocycles. The topological polar surface area (TPSA) is 115 Å². The van der Waals surface area contributed by atoms with Crippen LogP contribution < -0.4 is 5.11 Å². The molecule has 0 saturated carbocycles. The van der Waals surface area contributed by atoms with Crippen LogP contribution in [0.1, 0.15) is 90.4 Å². The van der Waals surface area contributed by atoms with Crippen LogP contribution in [0.25, 0.3) is 0 Å². The van der Waals surface area contributed by atoms with Crippen LogP contribution in [-0.4, -0.2) is 58.8 Å². The fourth-order valence-electron chi connectivity index (χ4n) is 3.78. The van der Waals surface area contributed by atoms with Crippen LogP contribution >= 0.6 is 0 Å². The van der Waals surface area contributed by atoms with E-state index in [9.17, 15) is 19.5 Å². The number of aliphatic carboxylic acids is 3. The summed E-state index contributed by atoms with van der Waals surface area (Å²) in [5.41, 5.74) is 0. The molecule has 0 aromatic carbocycles. The highest BCUT2D eigenvalue weighted by atomic mass is 16.4. The minimum atomic E-state index is -1.44. The highest BCUT2D eigenvalue weighted by Gasteiger charge is 2.33. The molecule has 0 amide bonds. The third-order valence-corrected chi connectivity index (χ3v) is 5.30. The maximum absolute atomic E-state index is 11.1. The summed E-state index contributed by atoms with van der Waals surface area (Å²) in [6.07, 6.45) is 19.3. The van der Waals surface area contributed by atoms with Crippen molar-refractivity contribution >= 4 is 17.9 Å². The van der Waals surface area contributed by atoms with E-state index >= 15 is 0 Å². The molecule has 0 aliphatic rings. The Morgan fingerprint density at radius 3 is 1.57 bits per heavy atom. The molecule has 0 rings (SSSR count). The lowest BCUT2D eigenvalue weighted by Crippen LogP contribution is -2.59. The zero-order chi connectivity index (χ0) is 22.7. The van der Waals surface area contributed by atoms with Gasteiger partial charge in [-0.3, -0.25) is 0 Å². The first-order valence-corrected chi connectivity index (χ1v) is 11.4. The van der Waals surface area contributed by atoms with Crippen molar-refractivity contribution in [1.82, 2.24) is 0 Å². The summed E-state index contributed by atoms with van der Waals surface area (Å²) in [6, 6.07) is 0. The molecule has 174 valence electrons. The average molecular weight is 428 g/mol. The van der Waals surface area contributed by atoms with E-state index < -0.39 is 42.0 Å². The number of allylic oxidation sites excluding steroid dienone is 2. The Hall–Kier alpha value is -1.89. The second-order valence-corrected chi connectivity index (χ2v) is 8.28. The number of carboxylic acid groups (broad SMARTS) is 3. The molecular weight excluding hydrogens is 386 g/mol. The first-order valence-electron chi connectivity index (χ1n) is 11.4. The summed E-state index contributed by atoms with van der Waals surface area (Å²) in [7, 11) is 0. The number of carbonyl (C=O) groups excluding carboxylic acids is 1. The highest BCUT2D eigenvalue weighted by molar-refractivity contribution is 5.72. The van der Waals surface area contributed by atoms with Gasteiger partial charge in [-0.2, -0.15) is 0 Å². The zero-order valence-corrected chi connectivity index (χ0v) is 18.7. The SMILES string of the molecule is CCCCCCCCCCCC/C=C/CCC[N+](CC(=O)[O-])(CC(=O)O)CC(=O)O. The van der Waals surface area contributed by atoms with E-state index in [0.717, 1.165) is 12.8 Å². The van der Waals surface area contributed by atoms with Crippen molar-refractivity contribution in [2.75, 3.05) is 26.2 Å². The quantitative estimate of drug-likeness (QED) is 0.165. The highest BCUT2D eigenvalue weighted by Crippen LogP contribution is 2.13. The Labute approximate surface area is 181 Å². The molecule has 0 aliphatic heterocycles. The van der Waals surface area contributed by atoms with Crippen LogP contribution in [-0.2, 0) is 14.4 Å². The summed E-state index contributed by atoms with van der Waals surface area (Å²) in [4.78, 5) is 33.2. The second-order valence-electron chi connectivity index (χ2n) is 8.28. The van der Waals surface area contributed by atoms with E-state index in [-0.39, 0.29) is 6.54 Å². The molecule has 7 nitrogen and oxygen atoms in total. The maximum Gasteiger partial charge on any atom is 0.359 e. The molecule has 0 atom stereocenters. The smallest absolute Gasteiger partial charge is 0.359 e. The summed E-state index contributed by atoms with van der Waals surface area (Å²) in [5, 5.41) is 29.1. The lowest BCUT2D eigenvalue weighted by molar-refractivity contribution is -0.909. The predicted molar refractivity (Wildman–Crippen MR) is 115 cm³/mol. The number of nitrogens with zero attached hydrogens (tertiary/aromatic N) is 1. The van der Waals surface area contributed by atoms with Crippen LogP contribution in [0.4, 0.5) is 0 Å². The van der Waals surface area contributed by atoms with Crippen molar-refractivity contribution < 1.29 is 34.2 Å². The van der Waals surface area contributed by atoms with Crippen molar-refractivity contribution in [2.45, 2.75) is 90.4 Å². The van der Waals surface area contributed by atoms with E-state index in [1.807, 2.05) is 6.08 Å². The molecule has 7 heteroatoms. The molecule has 0 aliphatic carbocycles. The number of carbonyl (C=O) groups is 3. The molecule has 0 heterocycles. The van der Waals surface area contributed by atoms with Crippen molar-refractivity contribution in [1.29, 1.82) is 0 Å². The van der Waals surface area contributed by atoms with Crippen molar-refractivity contribution in [3.8, 4) is 0 Å². The number of unbranched alkanes of at least 4 members (excludes halogenated alkanes) is 11. The maximum atomic E-state index is 11.1. The summed E-state index contributed by atoms with van der Waals surface area (Å²) < 4.78 is -0.528. The summed E-state index contributed by atoms with van der Waals surface area (Å²) >= 11 is 0.